The van der Waals surface area contributed by atoms with Gasteiger partial charge in [0.15, 0.2) is 6.21 Å². The number of hydrogen-bond acceptors (Lipinski definition) is 0. The first kappa shape index (κ1) is 9.72. The predicted molar refractivity (Wildman–Crippen MR) is 57.9 cm³/mol. The van der Waals surface area contributed by atoms with Gasteiger partial charge in [-0.05, 0) is 25.5 Å². The van der Waals surface area contributed by atoms with E-state index in [1.165, 1.54) is 11.3 Å². The highest BCUT2D eigenvalue weighted by atomic mass is 15.0. The molecule has 0 aromatic heterocycles. The number of benzene rings is 1. The van der Waals surface area contributed by atoms with Crippen LogP contribution >= 0.6 is 0 Å². The Morgan fingerprint density at radius 3 is 2.69 bits per heavy atom. The monoisotopic (exact) mass is 174 g/mol. The molecule has 0 saturated carbocycles. The highest BCUT2D eigenvalue weighted by molar-refractivity contribution is 5.67. The number of allylic oxidation sites excluding steroid dienone is 2. The number of nitrogens with zero attached hydrogens (tertiary/aromatic N) is 1. The molecule has 0 atom stereocenters. The van der Waals surface area contributed by atoms with Gasteiger partial charge >= 0.3 is 0 Å². The molecule has 68 valence electrons. The molecule has 0 aliphatic heterocycles. The van der Waals surface area contributed by atoms with Gasteiger partial charge in [0.25, 0.3) is 0 Å². The average Bonchev–Trinajstić information content (AvgIpc) is 2.14. The van der Waals surface area contributed by atoms with Crippen LogP contribution in [0.15, 0.2) is 36.4 Å². The zero-order valence-corrected chi connectivity index (χ0v) is 8.49. The van der Waals surface area contributed by atoms with Crippen molar-refractivity contribution < 1.29 is 4.58 Å². The second-order valence-electron chi connectivity index (χ2n) is 3.12. The molecule has 1 aromatic rings. The molecule has 0 bridgehead atoms. The van der Waals surface area contributed by atoms with E-state index in [9.17, 15) is 0 Å². The van der Waals surface area contributed by atoms with E-state index < -0.39 is 0 Å². The summed E-state index contributed by atoms with van der Waals surface area (Å²) in [5, 5.41) is 0. The second-order valence-corrected chi connectivity index (χ2v) is 3.12. The lowest BCUT2D eigenvalue weighted by atomic mass is 10.2. The van der Waals surface area contributed by atoms with E-state index in [1.807, 2.05) is 19.1 Å². The van der Waals surface area contributed by atoms with Crippen LogP contribution in [0.3, 0.4) is 0 Å². The largest absolute Gasteiger partial charge is 0.205 e. The van der Waals surface area contributed by atoms with Gasteiger partial charge in [0.05, 0.1) is 0 Å². The first-order valence-corrected chi connectivity index (χ1v) is 4.49. The van der Waals surface area contributed by atoms with Crippen molar-refractivity contribution in [3.63, 3.8) is 0 Å². The molecule has 13 heavy (non-hydrogen) atoms. The minimum atomic E-state index is 1.22. The molecular weight excluding hydrogens is 158 g/mol. The smallest absolute Gasteiger partial charge is 0.202 e. The Morgan fingerprint density at radius 2 is 2.08 bits per heavy atom. The molecule has 0 unspecified atom stereocenters. The Morgan fingerprint density at radius 1 is 1.31 bits per heavy atom. The zero-order valence-electron chi connectivity index (χ0n) is 8.49. The maximum Gasteiger partial charge on any atom is 0.205 e. The van der Waals surface area contributed by atoms with Crippen molar-refractivity contribution >= 4 is 11.9 Å². The van der Waals surface area contributed by atoms with Crippen molar-refractivity contribution in [2.45, 2.75) is 13.8 Å². The van der Waals surface area contributed by atoms with Crippen molar-refractivity contribution in [2.75, 3.05) is 7.05 Å². The van der Waals surface area contributed by atoms with Gasteiger partial charge in [-0.2, -0.15) is 0 Å². The summed E-state index contributed by atoms with van der Waals surface area (Å²) in [5.41, 5.74) is 2.51. The van der Waals surface area contributed by atoms with Gasteiger partial charge < -0.3 is 0 Å². The summed E-state index contributed by atoms with van der Waals surface area (Å²) in [5.74, 6) is 0. The third-order valence-corrected chi connectivity index (χ3v) is 1.91. The second kappa shape index (κ2) is 4.61. The predicted octanol–water partition coefficient (Wildman–Crippen LogP) is 2.92. The lowest BCUT2D eigenvalue weighted by Gasteiger charge is -1.95. The van der Waals surface area contributed by atoms with Crippen molar-refractivity contribution in [1.29, 1.82) is 0 Å². The van der Waals surface area contributed by atoms with Crippen molar-refractivity contribution in [1.82, 2.24) is 0 Å². The standard InChI is InChI=1S/C12H16N/c1-4-5-9-13(3)12-8-6-7-11(2)10-12/h4-10H,1-3H3/q+1/b5-4-,13-9?. The Labute approximate surface area is 80.0 Å². The Bertz CT molecular complexity index is 335. The summed E-state index contributed by atoms with van der Waals surface area (Å²) in [4.78, 5) is 0. The molecule has 0 fully saturated rings. The lowest BCUT2D eigenvalue weighted by molar-refractivity contribution is -0.398. The van der Waals surface area contributed by atoms with E-state index in [2.05, 4.69) is 49.0 Å². The van der Waals surface area contributed by atoms with E-state index in [-0.39, 0.29) is 0 Å². The Hall–Kier alpha value is -1.37. The van der Waals surface area contributed by atoms with E-state index in [0.29, 0.717) is 0 Å². The normalized spacial score (nSPS) is 12.4. The van der Waals surface area contributed by atoms with Gasteiger partial charge in [0.2, 0.25) is 5.69 Å². The maximum atomic E-state index is 2.17. The molecular formula is C12H16N+. The summed E-state index contributed by atoms with van der Waals surface area (Å²) in [6.45, 7) is 4.12. The topological polar surface area (TPSA) is 3.01 Å². The van der Waals surface area contributed by atoms with Crippen LogP contribution < -0.4 is 0 Å². The highest BCUT2D eigenvalue weighted by Crippen LogP contribution is 2.11. The third-order valence-electron chi connectivity index (χ3n) is 1.91. The van der Waals surface area contributed by atoms with Crippen LogP contribution in [-0.4, -0.2) is 17.8 Å². The maximum absolute atomic E-state index is 2.17. The molecule has 0 heterocycles. The first-order chi connectivity index (χ1) is 6.24. The molecule has 0 N–H and O–H groups in total. The van der Waals surface area contributed by atoms with Crippen LogP contribution in [0.25, 0.3) is 0 Å². The fraction of sp³-hybridized carbons (Fsp3) is 0.250. The fourth-order valence-corrected chi connectivity index (χ4v) is 1.15. The van der Waals surface area contributed by atoms with Gasteiger partial charge in [0, 0.05) is 12.1 Å². The summed E-state index contributed by atoms with van der Waals surface area (Å²) in [6.07, 6.45) is 6.10. The van der Waals surface area contributed by atoms with Crippen LogP contribution in [0.4, 0.5) is 5.69 Å². The summed E-state index contributed by atoms with van der Waals surface area (Å²) in [6, 6.07) is 8.45. The molecule has 0 amide bonds. The van der Waals surface area contributed by atoms with E-state index >= 15 is 0 Å². The molecule has 0 spiro atoms. The zero-order chi connectivity index (χ0) is 9.68. The van der Waals surface area contributed by atoms with E-state index in [1.54, 1.807) is 0 Å². The van der Waals surface area contributed by atoms with Crippen molar-refractivity contribution in [3.05, 3.63) is 42.0 Å². The van der Waals surface area contributed by atoms with Gasteiger partial charge in [-0.15, -0.1) is 0 Å². The Balaban J connectivity index is 2.94. The first-order valence-electron chi connectivity index (χ1n) is 4.49. The quantitative estimate of drug-likeness (QED) is 0.479. The number of rotatable bonds is 2. The van der Waals surface area contributed by atoms with Gasteiger partial charge in [-0.1, -0.05) is 18.2 Å². The van der Waals surface area contributed by atoms with Crippen LogP contribution in [0.5, 0.6) is 0 Å². The molecule has 1 rings (SSSR count). The van der Waals surface area contributed by atoms with E-state index in [4.69, 9.17) is 0 Å². The minimum absolute atomic E-state index is 1.22. The molecule has 0 saturated heterocycles. The third kappa shape index (κ3) is 2.86. The lowest BCUT2D eigenvalue weighted by Crippen LogP contribution is -1.97. The van der Waals surface area contributed by atoms with Crippen LogP contribution in [-0.2, 0) is 0 Å². The summed E-state index contributed by atoms with van der Waals surface area (Å²) >= 11 is 0. The van der Waals surface area contributed by atoms with Crippen molar-refractivity contribution in [2.24, 2.45) is 0 Å². The van der Waals surface area contributed by atoms with Crippen LogP contribution in [0.1, 0.15) is 12.5 Å². The average molecular weight is 174 g/mol. The van der Waals surface area contributed by atoms with Crippen LogP contribution in [0.2, 0.25) is 0 Å². The molecule has 1 aromatic carbocycles. The Kier molecular flexibility index (Phi) is 3.44. The SMILES string of the molecule is C/C=C\C=[N+](C)c1cccc(C)c1. The summed E-state index contributed by atoms with van der Waals surface area (Å²) < 4.78 is 2.10. The minimum Gasteiger partial charge on any atom is -0.202 e. The molecule has 1 heteroatoms. The van der Waals surface area contributed by atoms with Crippen molar-refractivity contribution in [3.8, 4) is 0 Å². The van der Waals surface area contributed by atoms with Gasteiger partial charge in [-0.3, -0.25) is 0 Å². The highest BCUT2D eigenvalue weighted by Gasteiger charge is 1.99. The molecule has 0 aliphatic rings. The molecule has 0 radical (unpaired) electrons. The van der Waals surface area contributed by atoms with Gasteiger partial charge in [0.1, 0.15) is 7.05 Å². The number of hydrogen-bond donors (Lipinski definition) is 0. The molecule has 0 aliphatic carbocycles. The van der Waals surface area contributed by atoms with E-state index in [0.717, 1.165) is 0 Å². The number of aryl methyl sites for hydroxylation is 1. The molecule has 1 nitrogen and oxygen atoms in total. The fourth-order valence-electron chi connectivity index (χ4n) is 1.15. The summed E-state index contributed by atoms with van der Waals surface area (Å²) in [7, 11) is 2.05. The van der Waals surface area contributed by atoms with Crippen LogP contribution in [0, 0.1) is 6.92 Å². The van der Waals surface area contributed by atoms with Gasteiger partial charge in [-0.25, -0.2) is 4.58 Å².